The fourth-order valence-corrected chi connectivity index (χ4v) is 6.07. The molecule has 6 rings (SSSR count). The molecule has 47 heavy (non-hydrogen) atoms. The van der Waals surface area contributed by atoms with Gasteiger partial charge in [-0.2, -0.15) is 5.10 Å². The Bertz CT molecular complexity index is 1940. The Morgan fingerprint density at radius 2 is 1.83 bits per heavy atom. The molecule has 2 amide bonds. The zero-order valence-corrected chi connectivity index (χ0v) is 27.8. The Morgan fingerprint density at radius 1 is 1.06 bits per heavy atom. The monoisotopic (exact) mass is 630 g/mol. The number of carbonyl (C=O) groups excluding carboxylic acids is 2. The molecule has 10 nitrogen and oxygen atoms in total. The summed E-state index contributed by atoms with van der Waals surface area (Å²) in [4.78, 5) is 43.5. The Balaban J connectivity index is 1.27. The van der Waals surface area contributed by atoms with Crippen LogP contribution in [0.25, 0.3) is 28.2 Å². The number of nitrogens with zero attached hydrogens (tertiary/aromatic N) is 6. The predicted molar refractivity (Wildman–Crippen MR) is 188 cm³/mol. The number of anilines is 3. The number of para-hydroxylation sites is 1. The summed E-state index contributed by atoms with van der Waals surface area (Å²) >= 11 is 0. The first kappa shape index (κ1) is 31.7. The van der Waals surface area contributed by atoms with E-state index in [9.17, 15) is 9.59 Å². The van der Waals surface area contributed by atoms with Crippen molar-refractivity contribution < 1.29 is 9.59 Å². The zero-order valence-electron chi connectivity index (χ0n) is 27.8. The van der Waals surface area contributed by atoms with Crippen LogP contribution in [0.5, 0.6) is 0 Å². The minimum absolute atomic E-state index is 0.0166. The summed E-state index contributed by atoms with van der Waals surface area (Å²) in [5, 5.41) is 8.64. The van der Waals surface area contributed by atoms with E-state index in [-0.39, 0.29) is 11.8 Å². The first-order valence-corrected chi connectivity index (χ1v) is 16.4. The largest absolute Gasteiger partial charge is 0.359 e. The highest BCUT2D eigenvalue weighted by atomic mass is 16.2. The maximum absolute atomic E-state index is 13.8. The topological polar surface area (TPSA) is 112 Å². The predicted octanol–water partition coefficient (Wildman–Crippen LogP) is 7.32. The molecule has 0 bridgehead atoms. The average Bonchev–Trinajstić information content (AvgIpc) is 3.75. The number of aryl methyl sites for hydroxylation is 3. The van der Waals surface area contributed by atoms with Crippen molar-refractivity contribution in [2.24, 2.45) is 7.05 Å². The summed E-state index contributed by atoms with van der Waals surface area (Å²) in [6, 6.07) is 13.7. The molecule has 0 atom stereocenters. The van der Waals surface area contributed by atoms with E-state index in [1.165, 1.54) is 0 Å². The Hall–Kier alpha value is -5.25. The number of benzene rings is 2. The standard InChI is InChI=1S/C37H42N8O2/c1-6-8-18-44(19-9-7-2)33(46)17-16-26-12-10-14-28-30(26)23-45(36(28)47)31-15-11-13-27-29(22-38-35(27)31)34-24(3)21-39-37(41-34)40-32-20-25(4)43(5)42-32/h10-17,20-22,38H,6-9,18-19,23H2,1-5H3,(H,39,40,41,42)/b17-16+. The van der Waals surface area contributed by atoms with Gasteiger partial charge in [0, 0.05) is 66.9 Å². The van der Waals surface area contributed by atoms with Crippen LogP contribution in [0, 0.1) is 13.8 Å². The molecule has 242 valence electrons. The number of H-pyrrole nitrogens is 1. The number of nitrogens with one attached hydrogen (secondary N) is 2. The molecule has 1 aliphatic rings. The van der Waals surface area contributed by atoms with Gasteiger partial charge in [0.1, 0.15) is 0 Å². The summed E-state index contributed by atoms with van der Waals surface area (Å²) in [5.74, 6) is 1.09. The molecule has 10 heteroatoms. The minimum atomic E-state index is -0.0619. The van der Waals surface area contributed by atoms with E-state index in [0.29, 0.717) is 23.9 Å². The molecule has 0 fully saturated rings. The number of fused-ring (bicyclic) bond motifs is 2. The Morgan fingerprint density at radius 3 is 2.55 bits per heavy atom. The highest BCUT2D eigenvalue weighted by Gasteiger charge is 2.31. The summed E-state index contributed by atoms with van der Waals surface area (Å²) in [7, 11) is 1.89. The number of hydrogen-bond donors (Lipinski definition) is 2. The molecule has 0 radical (unpaired) electrons. The lowest BCUT2D eigenvalue weighted by atomic mass is 10.0. The Labute approximate surface area is 275 Å². The molecular formula is C37H42N8O2. The van der Waals surface area contributed by atoms with Gasteiger partial charge >= 0.3 is 0 Å². The lowest BCUT2D eigenvalue weighted by molar-refractivity contribution is -0.126. The first-order valence-electron chi connectivity index (χ1n) is 16.4. The maximum atomic E-state index is 13.8. The number of hydrogen-bond acceptors (Lipinski definition) is 6. The van der Waals surface area contributed by atoms with Gasteiger partial charge in [0.2, 0.25) is 11.9 Å². The van der Waals surface area contributed by atoms with Crippen LogP contribution in [-0.2, 0) is 18.4 Å². The number of aromatic nitrogens is 5. The number of carbonyl (C=O) groups is 2. The van der Waals surface area contributed by atoms with Gasteiger partial charge in [-0.1, -0.05) is 51.0 Å². The van der Waals surface area contributed by atoms with E-state index in [4.69, 9.17) is 4.98 Å². The smallest absolute Gasteiger partial charge is 0.259 e. The summed E-state index contributed by atoms with van der Waals surface area (Å²) in [6.45, 7) is 10.2. The van der Waals surface area contributed by atoms with Crippen LogP contribution < -0.4 is 10.2 Å². The number of rotatable bonds is 12. The number of unbranched alkanes of at least 4 members (excludes halogenated alkanes) is 2. The van der Waals surface area contributed by atoms with Crippen LogP contribution in [0.1, 0.15) is 72.3 Å². The van der Waals surface area contributed by atoms with Crippen LogP contribution in [-0.4, -0.2) is 54.5 Å². The van der Waals surface area contributed by atoms with E-state index >= 15 is 0 Å². The molecule has 4 heterocycles. The molecule has 0 spiro atoms. The summed E-state index contributed by atoms with van der Waals surface area (Å²) in [6.07, 6.45) is 11.3. The van der Waals surface area contributed by atoms with Crippen LogP contribution in [0.4, 0.5) is 17.5 Å². The average molecular weight is 631 g/mol. The van der Waals surface area contributed by atoms with Crippen molar-refractivity contribution >= 4 is 46.2 Å². The molecule has 2 N–H and O–H groups in total. The Kier molecular flexibility index (Phi) is 9.19. The molecule has 2 aromatic carbocycles. The molecule has 0 saturated heterocycles. The SMILES string of the molecule is CCCCN(CCCC)C(=O)/C=C/c1cccc2c1CN(c1cccc3c(-c4nc(Nc5cc(C)n(C)n5)ncc4C)c[nH]c13)C2=O. The van der Waals surface area contributed by atoms with E-state index < -0.39 is 0 Å². The van der Waals surface area contributed by atoms with Crippen LogP contribution in [0.3, 0.4) is 0 Å². The van der Waals surface area contributed by atoms with Crippen molar-refractivity contribution in [1.82, 2.24) is 29.6 Å². The minimum Gasteiger partial charge on any atom is -0.359 e. The number of amides is 2. The van der Waals surface area contributed by atoms with Crippen molar-refractivity contribution in [2.45, 2.75) is 59.9 Å². The van der Waals surface area contributed by atoms with Crippen LogP contribution in [0.2, 0.25) is 0 Å². The fourth-order valence-electron chi connectivity index (χ4n) is 6.07. The van der Waals surface area contributed by atoms with Gasteiger partial charge < -0.3 is 20.1 Å². The van der Waals surface area contributed by atoms with Gasteiger partial charge in [-0.3, -0.25) is 14.3 Å². The zero-order chi connectivity index (χ0) is 33.1. The quantitative estimate of drug-likeness (QED) is 0.140. The van der Waals surface area contributed by atoms with Crippen molar-refractivity contribution in [3.8, 4) is 11.3 Å². The second-order valence-corrected chi connectivity index (χ2v) is 12.2. The van der Waals surface area contributed by atoms with E-state index in [0.717, 1.165) is 89.0 Å². The van der Waals surface area contributed by atoms with Gasteiger partial charge in [0.05, 0.1) is 23.4 Å². The van der Waals surface area contributed by atoms with Crippen molar-refractivity contribution in [3.05, 3.63) is 88.9 Å². The first-order chi connectivity index (χ1) is 22.8. The molecule has 0 aliphatic carbocycles. The van der Waals surface area contributed by atoms with E-state index in [2.05, 4.69) is 34.2 Å². The van der Waals surface area contributed by atoms with E-state index in [1.54, 1.807) is 17.0 Å². The lowest BCUT2D eigenvalue weighted by Crippen LogP contribution is -2.31. The van der Waals surface area contributed by atoms with E-state index in [1.807, 2.05) is 85.4 Å². The molecular weight excluding hydrogens is 588 g/mol. The third-order valence-corrected chi connectivity index (χ3v) is 8.85. The van der Waals surface area contributed by atoms with Gasteiger partial charge in [-0.05, 0) is 61.6 Å². The highest BCUT2D eigenvalue weighted by Crippen LogP contribution is 2.38. The second kappa shape index (κ2) is 13.6. The molecule has 1 aliphatic heterocycles. The molecule has 3 aromatic heterocycles. The fraction of sp³-hybridized carbons (Fsp3) is 0.324. The third kappa shape index (κ3) is 6.40. The van der Waals surface area contributed by atoms with Crippen molar-refractivity contribution in [3.63, 3.8) is 0 Å². The summed E-state index contributed by atoms with van der Waals surface area (Å²) < 4.78 is 1.80. The maximum Gasteiger partial charge on any atom is 0.259 e. The van der Waals surface area contributed by atoms with Gasteiger partial charge in [0.15, 0.2) is 5.82 Å². The van der Waals surface area contributed by atoms with Gasteiger partial charge in [0.25, 0.3) is 5.91 Å². The van der Waals surface area contributed by atoms with Gasteiger partial charge in [-0.25, -0.2) is 9.97 Å². The molecule has 0 saturated carbocycles. The summed E-state index contributed by atoms with van der Waals surface area (Å²) in [5.41, 5.74) is 7.77. The van der Waals surface area contributed by atoms with Crippen LogP contribution in [0.15, 0.2) is 60.9 Å². The molecule has 0 unspecified atom stereocenters. The normalized spacial score (nSPS) is 12.8. The van der Waals surface area contributed by atoms with Crippen molar-refractivity contribution in [2.75, 3.05) is 23.3 Å². The molecule has 5 aromatic rings. The highest BCUT2D eigenvalue weighted by molar-refractivity contribution is 6.15. The van der Waals surface area contributed by atoms with Crippen molar-refractivity contribution in [1.29, 1.82) is 0 Å². The lowest BCUT2D eigenvalue weighted by Gasteiger charge is -2.20. The number of aromatic amines is 1. The third-order valence-electron chi connectivity index (χ3n) is 8.85. The van der Waals surface area contributed by atoms with Crippen LogP contribution >= 0.6 is 0 Å². The van der Waals surface area contributed by atoms with Gasteiger partial charge in [-0.15, -0.1) is 0 Å². The second-order valence-electron chi connectivity index (χ2n) is 12.2.